The van der Waals surface area contributed by atoms with Crippen LogP contribution in [0.3, 0.4) is 0 Å². The minimum absolute atomic E-state index is 0.201. The number of aryl methyl sites for hydroxylation is 2. The van der Waals surface area contributed by atoms with Gasteiger partial charge in [0, 0.05) is 12.2 Å². The molecule has 1 aromatic carbocycles. The first-order valence-electron chi connectivity index (χ1n) is 8.81. The van der Waals surface area contributed by atoms with Crippen LogP contribution >= 0.6 is 0 Å². The molecular weight excluding hydrogens is 366 g/mol. The molecule has 0 aliphatic heterocycles. The Morgan fingerprint density at radius 2 is 1.96 bits per heavy atom. The van der Waals surface area contributed by atoms with Gasteiger partial charge in [0.05, 0.1) is 18.2 Å². The predicted octanol–water partition coefficient (Wildman–Crippen LogP) is 2.93. The molecule has 0 amide bonds. The van der Waals surface area contributed by atoms with E-state index in [9.17, 15) is 18.8 Å². The van der Waals surface area contributed by atoms with Crippen LogP contribution < -0.4 is 4.74 Å². The van der Waals surface area contributed by atoms with Crippen LogP contribution in [0, 0.1) is 25.2 Å². The second-order valence-corrected chi connectivity index (χ2v) is 9.26. The Kier molecular flexibility index (Phi) is 5.27. The molecule has 7 nitrogen and oxygen atoms in total. The molecule has 1 aliphatic rings. The molecule has 0 atom stereocenters. The molecule has 0 radical (unpaired) electrons. The van der Waals surface area contributed by atoms with Crippen molar-refractivity contribution < 1.29 is 18.3 Å². The maximum absolute atomic E-state index is 11.7. The number of rotatable bonds is 6. The largest absolute Gasteiger partial charge is 0.453 e. The summed E-state index contributed by atoms with van der Waals surface area (Å²) in [4.78, 5) is 0. The van der Waals surface area contributed by atoms with Crippen molar-refractivity contribution in [3.05, 3.63) is 40.2 Å². The molecule has 2 aromatic rings. The van der Waals surface area contributed by atoms with Crippen molar-refractivity contribution in [1.82, 2.24) is 9.78 Å². The van der Waals surface area contributed by atoms with Gasteiger partial charge < -0.3 is 9.84 Å². The Labute approximate surface area is 159 Å². The Morgan fingerprint density at radius 3 is 2.41 bits per heavy atom. The van der Waals surface area contributed by atoms with E-state index in [1.807, 2.05) is 13.8 Å². The molecular formula is C19H23N3O4S. The number of benzene rings is 1. The van der Waals surface area contributed by atoms with Crippen LogP contribution in [0.5, 0.6) is 11.5 Å². The number of ether oxygens (including phenoxy) is 1. The van der Waals surface area contributed by atoms with Gasteiger partial charge in [0.2, 0.25) is 0 Å². The minimum atomic E-state index is -3.33. The van der Waals surface area contributed by atoms with E-state index in [4.69, 9.17) is 4.74 Å². The topological polar surface area (TPSA) is 105 Å². The van der Waals surface area contributed by atoms with Crippen LogP contribution in [0.1, 0.15) is 53.3 Å². The van der Waals surface area contributed by atoms with Gasteiger partial charge in [0.15, 0.2) is 15.6 Å². The van der Waals surface area contributed by atoms with Gasteiger partial charge in [-0.1, -0.05) is 6.42 Å². The fourth-order valence-corrected chi connectivity index (χ4v) is 3.98. The third-order valence-corrected chi connectivity index (χ3v) is 5.58. The second-order valence-electron chi connectivity index (χ2n) is 7.15. The summed E-state index contributed by atoms with van der Waals surface area (Å²) in [6.45, 7) is 3.30. The van der Waals surface area contributed by atoms with Crippen LogP contribution in [0.25, 0.3) is 0 Å². The van der Waals surface area contributed by atoms with E-state index >= 15 is 0 Å². The van der Waals surface area contributed by atoms with Gasteiger partial charge in [-0.25, -0.2) is 13.1 Å². The summed E-state index contributed by atoms with van der Waals surface area (Å²) < 4.78 is 30.9. The zero-order valence-corrected chi connectivity index (χ0v) is 16.5. The van der Waals surface area contributed by atoms with Gasteiger partial charge in [0.1, 0.15) is 23.0 Å². The van der Waals surface area contributed by atoms with E-state index in [1.165, 1.54) is 4.68 Å². The maximum atomic E-state index is 11.7. The molecule has 0 spiro atoms. The van der Waals surface area contributed by atoms with E-state index in [-0.39, 0.29) is 18.4 Å². The van der Waals surface area contributed by atoms with Crippen LogP contribution in [0.2, 0.25) is 0 Å². The highest BCUT2D eigenvalue weighted by molar-refractivity contribution is 7.89. The Balaban J connectivity index is 2.07. The van der Waals surface area contributed by atoms with E-state index < -0.39 is 9.84 Å². The predicted molar refractivity (Wildman–Crippen MR) is 100 cm³/mol. The molecule has 0 bridgehead atoms. The van der Waals surface area contributed by atoms with Crippen LogP contribution in [0.4, 0.5) is 0 Å². The average Bonchev–Trinajstić information content (AvgIpc) is 2.80. The summed E-state index contributed by atoms with van der Waals surface area (Å²) in [6, 6.07) is 5.71. The fraction of sp³-hybridized carbons (Fsp3) is 0.474. The minimum Gasteiger partial charge on any atom is -0.453 e. The lowest BCUT2D eigenvalue weighted by Gasteiger charge is -2.24. The molecule has 8 heteroatoms. The monoisotopic (exact) mass is 389 g/mol. The number of aliphatic hydroxyl groups is 1. The summed E-state index contributed by atoms with van der Waals surface area (Å²) >= 11 is 0. The second kappa shape index (κ2) is 7.33. The number of nitrogens with zero attached hydrogens (tertiary/aromatic N) is 3. The third-order valence-electron chi connectivity index (χ3n) is 4.87. The highest BCUT2D eigenvalue weighted by Gasteiger charge is 2.30. The standard InChI is InChI=1S/C19H23N3O4S/c1-12-7-15(8-13(2)16(12)9-20)26-19-17(10-23)22(11-27(3,24)25)21-18(19)14-5-4-6-14/h7-8,14,23H,4-6,10-11H2,1-3H3. The van der Waals surface area contributed by atoms with Crippen LogP contribution in [0.15, 0.2) is 12.1 Å². The zero-order chi connectivity index (χ0) is 19.8. The van der Waals surface area contributed by atoms with Crippen LogP contribution in [-0.2, 0) is 22.3 Å². The van der Waals surface area contributed by atoms with E-state index in [0.717, 1.165) is 36.6 Å². The van der Waals surface area contributed by atoms with Gasteiger partial charge in [0.25, 0.3) is 0 Å². The molecule has 1 aromatic heterocycles. The lowest BCUT2D eigenvalue weighted by Crippen LogP contribution is -2.14. The number of hydrogen-bond donors (Lipinski definition) is 1. The van der Waals surface area contributed by atoms with Crippen LogP contribution in [-0.4, -0.2) is 29.6 Å². The molecule has 1 heterocycles. The molecule has 1 fully saturated rings. The Bertz CT molecular complexity index is 991. The molecule has 0 unspecified atom stereocenters. The first-order valence-corrected chi connectivity index (χ1v) is 10.9. The van der Waals surface area contributed by atoms with Gasteiger partial charge in [-0.05, 0) is 49.9 Å². The molecule has 1 saturated carbocycles. The molecule has 1 aliphatic carbocycles. The SMILES string of the molecule is Cc1cc(Oc2c(C3CCC3)nn(CS(C)(=O)=O)c2CO)cc(C)c1C#N. The normalized spacial score (nSPS) is 14.6. The fourth-order valence-electron chi connectivity index (χ4n) is 3.32. The molecule has 144 valence electrons. The number of aromatic nitrogens is 2. The lowest BCUT2D eigenvalue weighted by molar-refractivity contribution is 0.264. The summed E-state index contributed by atoms with van der Waals surface area (Å²) in [7, 11) is -3.33. The zero-order valence-electron chi connectivity index (χ0n) is 15.7. The van der Waals surface area contributed by atoms with E-state index in [0.29, 0.717) is 28.5 Å². The maximum Gasteiger partial charge on any atom is 0.174 e. The van der Waals surface area contributed by atoms with Crippen molar-refractivity contribution in [3.8, 4) is 17.6 Å². The van der Waals surface area contributed by atoms with Crippen molar-refractivity contribution in [2.24, 2.45) is 0 Å². The molecule has 1 N–H and O–H groups in total. The summed E-state index contributed by atoms with van der Waals surface area (Å²) in [5.74, 6) is 0.858. The quantitative estimate of drug-likeness (QED) is 0.814. The van der Waals surface area contributed by atoms with E-state index in [1.54, 1.807) is 12.1 Å². The number of hydrogen-bond acceptors (Lipinski definition) is 6. The van der Waals surface area contributed by atoms with Crippen molar-refractivity contribution in [1.29, 1.82) is 5.26 Å². The van der Waals surface area contributed by atoms with Gasteiger partial charge >= 0.3 is 0 Å². The highest BCUT2D eigenvalue weighted by atomic mass is 32.2. The van der Waals surface area contributed by atoms with Gasteiger partial charge in [-0.2, -0.15) is 10.4 Å². The number of nitriles is 1. The van der Waals surface area contributed by atoms with E-state index in [2.05, 4.69) is 11.2 Å². The molecule has 3 rings (SSSR count). The summed E-state index contributed by atoms with van der Waals surface area (Å²) in [5, 5.41) is 23.6. The number of sulfone groups is 1. The highest BCUT2D eigenvalue weighted by Crippen LogP contribution is 2.43. The van der Waals surface area contributed by atoms with Crippen molar-refractivity contribution in [2.45, 2.75) is 51.5 Å². The first-order chi connectivity index (χ1) is 12.7. The average molecular weight is 389 g/mol. The smallest absolute Gasteiger partial charge is 0.174 e. The Hall–Kier alpha value is -2.37. The summed E-state index contributed by atoms with van der Waals surface area (Å²) in [5.41, 5.74) is 3.24. The van der Waals surface area contributed by atoms with Crippen molar-refractivity contribution in [3.63, 3.8) is 0 Å². The first kappa shape index (κ1) is 19.4. The Morgan fingerprint density at radius 1 is 1.33 bits per heavy atom. The lowest BCUT2D eigenvalue weighted by atomic mass is 9.82. The molecule has 27 heavy (non-hydrogen) atoms. The third kappa shape index (κ3) is 3.99. The molecule has 0 saturated heterocycles. The van der Waals surface area contributed by atoms with Gasteiger partial charge in [-0.15, -0.1) is 0 Å². The van der Waals surface area contributed by atoms with Crippen molar-refractivity contribution >= 4 is 9.84 Å². The van der Waals surface area contributed by atoms with Crippen molar-refractivity contribution in [2.75, 3.05) is 6.26 Å². The summed E-state index contributed by atoms with van der Waals surface area (Å²) in [6.07, 6.45) is 4.14. The number of aliphatic hydroxyl groups excluding tert-OH is 1. The van der Waals surface area contributed by atoms with Gasteiger partial charge in [-0.3, -0.25) is 0 Å².